The summed E-state index contributed by atoms with van der Waals surface area (Å²) in [6.07, 6.45) is 12.1. The van der Waals surface area contributed by atoms with Crippen LogP contribution in [0.15, 0.2) is 55.1 Å². The van der Waals surface area contributed by atoms with Gasteiger partial charge in [-0.1, -0.05) is 49.7 Å². The molecule has 2 heterocycles. The van der Waals surface area contributed by atoms with E-state index in [0.717, 1.165) is 29.8 Å². The fourth-order valence-corrected chi connectivity index (χ4v) is 4.60. The molecule has 0 spiro atoms. The number of unbranched alkanes of at least 4 members (excludes halogenated alkanes) is 1. The summed E-state index contributed by atoms with van der Waals surface area (Å²) in [5, 5.41) is 0. The highest BCUT2D eigenvalue weighted by Crippen LogP contribution is 2.33. The number of fused-ring (bicyclic) bond motifs is 2. The van der Waals surface area contributed by atoms with Gasteiger partial charge in [0.05, 0.1) is 12.9 Å². The van der Waals surface area contributed by atoms with Crippen LogP contribution in [0.4, 0.5) is 0 Å². The Balaban J connectivity index is 1.60. The molecule has 5 rings (SSSR count). The second-order valence-corrected chi connectivity index (χ2v) is 8.34. The Morgan fingerprint density at radius 2 is 1.73 bits per heavy atom. The van der Waals surface area contributed by atoms with E-state index in [-0.39, 0.29) is 0 Å². The number of nitrogens with zero attached hydrogens (tertiary/aromatic N) is 4. The highest BCUT2D eigenvalue weighted by Gasteiger charge is 2.19. The molecular weight excluding hydrogens is 368 g/mol. The Labute approximate surface area is 178 Å². The van der Waals surface area contributed by atoms with Gasteiger partial charge in [-0.3, -0.25) is 0 Å². The van der Waals surface area contributed by atoms with Crippen LogP contribution < -0.4 is 0 Å². The van der Waals surface area contributed by atoms with E-state index >= 15 is 0 Å². The van der Waals surface area contributed by atoms with Crippen molar-refractivity contribution >= 4 is 11.2 Å². The van der Waals surface area contributed by atoms with Gasteiger partial charge in [0.25, 0.3) is 0 Å². The first kappa shape index (κ1) is 19.0. The van der Waals surface area contributed by atoms with E-state index in [2.05, 4.69) is 52.9 Å². The van der Waals surface area contributed by atoms with Crippen LogP contribution in [-0.4, -0.2) is 19.5 Å². The Morgan fingerprint density at radius 3 is 2.53 bits per heavy atom. The van der Waals surface area contributed by atoms with Gasteiger partial charge < -0.3 is 4.57 Å². The van der Waals surface area contributed by atoms with Gasteiger partial charge >= 0.3 is 0 Å². The molecule has 4 aromatic rings. The first-order valence-electron chi connectivity index (χ1n) is 11.2. The monoisotopic (exact) mass is 396 g/mol. The zero-order valence-electron chi connectivity index (χ0n) is 17.6. The molecule has 0 saturated carbocycles. The third kappa shape index (κ3) is 3.62. The molecule has 30 heavy (non-hydrogen) atoms. The standard InChI is InChI=1S/C26H28N4/c1-2-3-11-22-14-20-12-7-8-13-21(20)15-23(22)24-25-26(28-17-27-24)30(18-29-25)16-19-9-5-4-6-10-19/h4-6,9-10,14-15,17-18H,2-3,7-8,11-13,16H2,1H3. The van der Waals surface area contributed by atoms with Gasteiger partial charge in [-0.05, 0) is 66.8 Å². The summed E-state index contributed by atoms with van der Waals surface area (Å²) in [6, 6.07) is 15.3. The molecule has 1 aliphatic rings. The van der Waals surface area contributed by atoms with Crippen molar-refractivity contribution in [2.75, 3.05) is 0 Å². The Morgan fingerprint density at radius 1 is 0.933 bits per heavy atom. The number of aryl methyl sites for hydroxylation is 3. The number of benzene rings is 2. The van der Waals surface area contributed by atoms with Gasteiger partial charge in [-0.25, -0.2) is 15.0 Å². The summed E-state index contributed by atoms with van der Waals surface area (Å²) >= 11 is 0. The lowest BCUT2D eigenvalue weighted by atomic mass is 9.86. The van der Waals surface area contributed by atoms with Gasteiger partial charge in [-0.15, -0.1) is 0 Å². The Kier molecular flexibility index (Phi) is 5.31. The number of hydrogen-bond acceptors (Lipinski definition) is 3. The number of hydrogen-bond donors (Lipinski definition) is 0. The van der Waals surface area contributed by atoms with E-state index < -0.39 is 0 Å². The minimum absolute atomic E-state index is 0.765. The minimum Gasteiger partial charge on any atom is -0.311 e. The van der Waals surface area contributed by atoms with E-state index in [9.17, 15) is 0 Å². The molecule has 4 heteroatoms. The number of rotatable bonds is 6. The number of imidazole rings is 1. The van der Waals surface area contributed by atoms with Crippen molar-refractivity contribution in [2.24, 2.45) is 0 Å². The Bertz CT molecular complexity index is 1160. The first-order chi connectivity index (χ1) is 14.8. The third-order valence-corrected chi connectivity index (χ3v) is 6.22. The van der Waals surface area contributed by atoms with Crippen molar-refractivity contribution in [3.05, 3.63) is 77.4 Å². The SMILES string of the molecule is CCCCc1cc2c(cc1-c1ncnc3c1ncn3Cc1ccccc1)CCCC2. The summed E-state index contributed by atoms with van der Waals surface area (Å²) in [7, 11) is 0. The summed E-state index contributed by atoms with van der Waals surface area (Å²) in [5.41, 5.74) is 9.73. The second kappa shape index (κ2) is 8.39. The topological polar surface area (TPSA) is 43.6 Å². The molecule has 0 radical (unpaired) electrons. The maximum atomic E-state index is 4.76. The molecular formula is C26H28N4. The summed E-state index contributed by atoms with van der Waals surface area (Å²) in [6.45, 7) is 3.02. The molecule has 0 aliphatic heterocycles. The van der Waals surface area contributed by atoms with Crippen molar-refractivity contribution in [3.63, 3.8) is 0 Å². The lowest BCUT2D eigenvalue weighted by Crippen LogP contribution is -2.06. The van der Waals surface area contributed by atoms with Crippen LogP contribution in [-0.2, 0) is 25.8 Å². The van der Waals surface area contributed by atoms with Crippen LogP contribution in [0.1, 0.15) is 54.9 Å². The molecule has 4 nitrogen and oxygen atoms in total. The van der Waals surface area contributed by atoms with Crippen LogP contribution in [0.2, 0.25) is 0 Å². The fraction of sp³-hybridized carbons (Fsp3) is 0.346. The van der Waals surface area contributed by atoms with Gasteiger partial charge in [0.15, 0.2) is 5.65 Å². The van der Waals surface area contributed by atoms with Gasteiger partial charge in [0.2, 0.25) is 0 Å². The van der Waals surface area contributed by atoms with Crippen molar-refractivity contribution in [1.82, 2.24) is 19.5 Å². The van der Waals surface area contributed by atoms with E-state index in [0.29, 0.717) is 0 Å². The average Bonchev–Trinajstić information content (AvgIpc) is 3.20. The third-order valence-electron chi connectivity index (χ3n) is 6.22. The smallest absolute Gasteiger partial charge is 0.164 e. The molecule has 2 aromatic heterocycles. The van der Waals surface area contributed by atoms with Crippen LogP contribution in [0.3, 0.4) is 0 Å². The van der Waals surface area contributed by atoms with Crippen LogP contribution >= 0.6 is 0 Å². The van der Waals surface area contributed by atoms with E-state index in [4.69, 9.17) is 9.97 Å². The predicted octanol–water partition coefficient (Wildman–Crippen LogP) is 5.76. The maximum Gasteiger partial charge on any atom is 0.164 e. The normalized spacial score (nSPS) is 13.5. The highest BCUT2D eigenvalue weighted by molar-refractivity contribution is 5.88. The fourth-order valence-electron chi connectivity index (χ4n) is 4.60. The lowest BCUT2D eigenvalue weighted by molar-refractivity contribution is 0.683. The van der Waals surface area contributed by atoms with Gasteiger partial charge in [0.1, 0.15) is 17.5 Å². The first-order valence-corrected chi connectivity index (χ1v) is 11.2. The van der Waals surface area contributed by atoms with Crippen molar-refractivity contribution in [3.8, 4) is 11.3 Å². The van der Waals surface area contributed by atoms with Crippen LogP contribution in [0.25, 0.3) is 22.4 Å². The van der Waals surface area contributed by atoms with E-state index in [1.165, 1.54) is 66.3 Å². The molecule has 0 unspecified atom stereocenters. The zero-order valence-corrected chi connectivity index (χ0v) is 17.6. The van der Waals surface area contributed by atoms with Crippen LogP contribution in [0.5, 0.6) is 0 Å². The molecule has 0 atom stereocenters. The Hall–Kier alpha value is -3.01. The highest BCUT2D eigenvalue weighted by atomic mass is 15.1. The zero-order chi connectivity index (χ0) is 20.3. The second-order valence-electron chi connectivity index (χ2n) is 8.34. The molecule has 0 bridgehead atoms. The van der Waals surface area contributed by atoms with Crippen molar-refractivity contribution in [1.29, 1.82) is 0 Å². The summed E-state index contributed by atoms with van der Waals surface area (Å²) < 4.78 is 2.12. The van der Waals surface area contributed by atoms with E-state index in [1.54, 1.807) is 6.33 Å². The quantitative estimate of drug-likeness (QED) is 0.416. The maximum absolute atomic E-state index is 4.76. The van der Waals surface area contributed by atoms with Crippen molar-refractivity contribution in [2.45, 2.75) is 58.4 Å². The average molecular weight is 397 g/mol. The van der Waals surface area contributed by atoms with Crippen molar-refractivity contribution < 1.29 is 0 Å². The van der Waals surface area contributed by atoms with E-state index in [1.807, 2.05) is 12.4 Å². The molecule has 152 valence electrons. The minimum atomic E-state index is 0.765. The molecule has 0 N–H and O–H groups in total. The molecule has 0 amide bonds. The summed E-state index contributed by atoms with van der Waals surface area (Å²) in [5.74, 6) is 0. The molecule has 0 saturated heterocycles. The van der Waals surface area contributed by atoms with Gasteiger partial charge in [0, 0.05) is 5.56 Å². The van der Waals surface area contributed by atoms with Gasteiger partial charge in [-0.2, -0.15) is 0 Å². The summed E-state index contributed by atoms with van der Waals surface area (Å²) in [4.78, 5) is 14.1. The largest absolute Gasteiger partial charge is 0.311 e. The predicted molar refractivity (Wildman–Crippen MR) is 122 cm³/mol. The molecule has 2 aromatic carbocycles. The van der Waals surface area contributed by atoms with Crippen LogP contribution in [0, 0.1) is 0 Å². The number of aromatic nitrogens is 4. The molecule has 1 aliphatic carbocycles. The lowest BCUT2D eigenvalue weighted by Gasteiger charge is -2.20. The molecule has 0 fully saturated rings.